The van der Waals surface area contributed by atoms with Crippen molar-refractivity contribution in [2.24, 2.45) is 0 Å². The summed E-state index contributed by atoms with van der Waals surface area (Å²) in [5.41, 5.74) is -0.209. The predicted octanol–water partition coefficient (Wildman–Crippen LogP) is -0.0842. The molecule has 1 aromatic rings. The number of carbonyl (C=O) groups is 2. The van der Waals surface area contributed by atoms with E-state index >= 15 is 0 Å². The van der Waals surface area contributed by atoms with E-state index in [1.54, 1.807) is 0 Å². The van der Waals surface area contributed by atoms with Crippen LogP contribution in [0.5, 0.6) is 11.5 Å². The Hall–Kier alpha value is -2.24. The molecule has 0 aliphatic heterocycles. The molecule has 0 radical (unpaired) electrons. The van der Waals surface area contributed by atoms with E-state index in [4.69, 9.17) is 0 Å². The summed E-state index contributed by atoms with van der Waals surface area (Å²) in [4.78, 5) is 24.1. The van der Waals surface area contributed by atoms with Gasteiger partial charge in [0.1, 0.15) is 17.1 Å². The Morgan fingerprint density at radius 1 is 1.29 bits per heavy atom. The number of amides is 2. The number of nitrogens with zero attached hydrogens (tertiary/aromatic N) is 1. The van der Waals surface area contributed by atoms with Crippen LogP contribution in [0.2, 0.25) is 0 Å². The second kappa shape index (κ2) is 5.20. The number of rotatable bonds is 3. The molecule has 0 fully saturated rings. The Balaban J connectivity index is 2.93. The van der Waals surface area contributed by atoms with Crippen molar-refractivity contribution in [3.63, 3.8) is 0 Å². The van der Waals surface area contributed by atoms with E-state index in [-0.39, 0.29) is 29.5 Å². The molecule has 2 amide bonds. The van der Waals surface area contributed by atoms with Crippen molar-refractivity contribution in [3.8, 4) is 11.5 Å². The number of aromatic hydroxyl groups is 2. The quantitative estimate of drug-likeness (QED) is 0.686. The normalized spacial score (nSPS) is 9.76. The lowest BCUT2D eigenvalue weighted by atomic mass is 10.1. The number of carbonyl (C=O) groups excluding carboxylic acids is 2. The molecule has 0 aliphatic carbocycles. The molecular formula is C11H14N2O4. The van der Waals surface area contributed by atoms with Gasteiger partial charge in [-0.1, -0.05) is 6.07 Å². The molecule has 6 heteroatoms. The number of hydrogen-bond donors (Lipinski definition) is 3. The van der Waals surface area contributed by atoms with Crippen LogP contribution in [0.25, 0.3) is 0 Å². The van der Waals surface area contributed by atoms with Crippen LogP contribution in [-0.4, -0.2) is 47.6 Å². The summed E-state index contributed by atoms with van der Waals surface area (Å²) in [5, 5.41) is 21.4. The summed E-state index contributed by atoms with van der Waals surface area (Å²) < 4.78 is 0. The van der Waals surface area contributed by atoms with Crippen LogP contribution in [0.15, 0.2) is 18.2 Å². The molecule has 0 heterocycles. The maximum Gasteiger partial charge on any atom is 0.261 e. The predicted molar refractivity (Wildman–Crippen MR) is 60.8 cm³/mol. The van der Waals surface area contributed by atoms with E-state index in [9.17, 15) is 19.8 Å². The van der Waals surface area contributed by atoms with Crippen molar-refractivity contribution in [2.75, 3.05) is 20.6 Å². The van der Waals surface area contributed by atoms with Crippen LogP contribution in [0.3, 0.4) is 0 Å². The maximum absolute atomic E-state index is 11.9. The van der Waals surface area contributed by atoms with Crippen molar-refractivity contribution in [1.29, 1.82) is 0 Å². The number of benzene rings is 1. The third kappa shape index (κ3) is 2.87. The monoisotopic (exact) mass is 238 g/mol. The molecule has 92 valence electrons. The number of phenols is 2. The first-order chi connectivity index (χ1) is 7.97. The molecular weight excluding hydrogens is 224 g/mol. The Bertz CT molecular complexity index is 425. The van der Waals surface area contributed by atoms with E-state index in [1.807, 2.05) is 0 Å². The first-order valence-corrected chi connectivity index (χ1v) is 4.94. The van der Waals surface area contributed by atoms with Gasteiger partial charge in [0.25, 0.3) is 5.91 Å². The van der Waals surface area contributed by atoms with Crippen LogP contribution in [0.1, 0.15) is 10.4 Å². The second-order valence-corrected chi connectivity index (χ2v) is 3.51. The Labute approximate surface area is 98.5 Å². The van der Waals surface area contributed by atoms with Crippen molar-refractivity contribution < 1.29 is 19.8 Å². The summed E-state index contributed by atoms with van der Waals surface area (Å²) >= 11 is 0. The van der Waals surface area contributed by atoms with Gasteiger partial charge in [-0.3, -0.25) is 9.59 Å². The van der Waals surface area contributed by atoms with Gasteiger partial charge in [0.15, 0.2) is 0 Å². The van der Waals surface area contributed by atoms with E-state index in [2.05, 4.69) is 5.32 Å². The van der Waals surface area contributed by atoms with Gasteiger partial charge in [-0.05, 0) is 12.1 Å². The fourth-order valence-corrected chi connectivity index (χ4v) is 1.30. The van der Waals surface area contributed by atoms with Gasteiger partial charge in [0.2, 0.25) is 5.91 Å². The van der Waals surface area contributed by atoms with Crippen LogP contribution < -0.4 is 5.32 Å². The summed E-state index contributed by atoms with van der Waals surface area (Å²) in [6.45, 7) is -0.150. The molecule has 17 heavy (non-hydrogen) atoms. The highest BCUT2D eigenvalue weighted by Crippen LogP contribution is 2.27. The summed E-state index contributed by atoms with van der Waals surface area (Å²) in [5.74, 6) is -1.60. The minimum atomic E-state index is -0.621. The number of nitrogens with one attached hydrogen (secondary N) is 1. The minimum Gasteiger partial charge on any atom is -0.507 e. The Morgan fingerprint density at radius 3 is 2.29 bits per heavy atom. The average molecular weight is 238 g/mol. The maximum atomic E-state index is 11.9. The third-order valence-corrected chi connectivity index (χ3v) is 2.24. The zero-order valence-electron chi connectivity index (χ0n) is 9.60. The van der Waals surface area contributed by atoms with Gasteiger partial charge in [0, 0.05) is 14.1 Å². The zero-order valence-corrected chi connectivity index (χ0v) is 9.60. The number of hydrogen-bond acceptors (Lipinski definition) is 4. The lowest BCUT2D eigenvalue weighted by Gasteiger charge is -2.17. The van der Waals surface area contributed by atoms with Crippen molar-refractivity contribution in [2.45, 2.75) is 0 Å². The molecule has 0 unspecified atom stereocenters. The molecule has 0 bridgehead atoms. The van der Waals surface area contributed by atoms with Crippen molar-refractivity contribution in [3.05, 3.63) is 23.8 Å². The smallest absolute Gasteiger partial charge is 0.261 e. The number of likely N-dealkylation sites (N-methyl/N-ethyl adjacent to an activating group) is 2. The SMILES string of the molecule is CNC(=O)CN(C)C(=O)c1c(O)cccc1O. The van der Waals surface area contributed by atoms with Crippen molar-refractivity contribution in [1.82, 2.24) is 10.2 Å². The lowest BCUT2D eigenvalue weighted by molar-refractivity contribution is -0.121. The summed E-state index contributed by atoms with van der Waals surface area (Å²) in [6, 6.07) is 4.00. The highest BCUT2D eigenvalue weighted by atomic mass is 16.3. The topological polar surface area (TPSA) is 89.9 Å². The van der Waals surface area contributed by atoms with Crippen LogP contribution in [0, 0.1) is 0 Å². The average Bonchev–Trinajstić information content (AvgIpc) is 2.28. The standard InChI is InChI=1S/C11H14N2O4/c1-12-9(16)6-13(2)11(17)10-7(14)4-3-5-8(10)15/h3-5,14-15H,6H2,1-2H3,(H,12,16). The molecule has 1 rings (SSSR count). The second-order valence-electron chi connectivity index (χ2n) is 3.51. The highest BCUT2D eigenvalue weighted by Gasteiger charge is 2.20. The first-order valence-electron chi connectivity index (χ1n) is 4.94. The molecule has 0 atom stereocenters. The summed E-state index contributed by atoms with van der Waals surface area (Å²) in [6.07, 6.45) is 0. The van der Waals surface area contributed by atoms with E-state index in [0.29, 0.717) is 0 Å². The van der Waals surface area contributed by atoms with Crippen LogP contribution >= 0.6 is 0 Å². The van der Waals surface area contributed by atoms with Crippen molar-refractivity contribution >= 4 is 11.8 Å². The molecule has 6 nitrogen and oxygen atoms in total. The van der Waals surface area contributed by atoms with Gasteiger partial charge in [-0.2, -0.15) is 0 Å². The van der Waals surface area contributed by atoms with Gasteiger partial charge in [0.05, 0.1) is 6.54 Å². The van der Waals surface area contributed by atoms with Crippen LogP contribution in [0.4, 0.5) is 0 Å². The minimum absolute atomic E-state index is 0.150. The summed E-state index contributed by atoms with van der Waals surface area (Å²) in [7, 11) is 2.86. The van der Waals surface area contributed by atoms with E-state index in [0.717, 1.165) is 4.90 Å². The molecule has 0 aliphatic rings. The van der Waals surface area contributed by atoms with Gasteiger partial charge in [-0.25, -0.2) is 0 Å². The molecule has 3 N–H and O–H groups in total. The van der Waals surface area contributed by atoms with E-state index in [1.165, 1.54) is 32.3 Å². The zero-order chi connectivity index (χ0) is 13.0. The Kier molecular flexibility index (Phi) is 3.92. The number of phenolic OH excluding ortho intramolecular Hbond substituents is 2. The molecule has 0 saturated carbocycles. The molecule has 0 aromatic heterocycles. The lowest BCUT2D eigenvalue weighted by Crippen LogP contribution is -2.36. The molecule has 0 saturated heterocycles. The van der Waals surface area contributed by atoms with Gasteiger partial charge >= 0.3 is 0 Å². The van der Waals surface area contributed by atoms with Gasteiger partial charge in [-0.15, -0.1) is 0 Å². The van der Waals surface area contributed by atoms with Crippen LogP contribution in [-0.2, 0) is 4.79 Å². The third-order valence-electron chi connectivity index (χ3n) is 2.24. The Morgan fingerprint density at radius 2 is 1.82 bits per heavy atom. The first kappa shape index (κ1) is 12.8. The largest absolute Gasteiger partial charge is 0.507 e. The fourth-order valence-electron chi connectivity index (χ4n) is 1.30. The fraction of sp³-hybridized carbons (Fsp3) is 0.273. The molecule has 1 aromatic carbocycles. The molecule has 0 spiro atoms. The van der Waals surface area contributed by atoms with E-state index < -0.39 is 5.91 Å². The highest BCUT2D eigenvalue weighted by molar-refractivity contribution is 6.00. The van der Waals surface area contributed by atoms with Gasteiger partial charge < -0.3 is 20.4 Å².